The predicted molar refractivity (Wildman–Crippen MR) is 70.9 cm³/mol. The van der Waals surface area contributed by atoms with Crippen molar-refractivity contribution in [1.82, 2.24) is 5.32 Å². The van der Waals surface area contributed by atoms with Gasteiger partial charge >= 0.3 is 0 Å². The fraction of sp³-hybridized carbons (Fsp3) is 0.500. The lowest BCUT2D eigenvalue weighted by molar-refractivity contribution is 0.165. The maximum absolute atomic E-state index is 13.4. The summed E-state index contributed by atoms with van der Waals surface area (Å²) in [4.78, 5) is 0. The number of benzene rings is 1. The van der Waals surface area contributed by atoms with E-state index in [9.17, 15) is 4.39 Å². The smallest absolute Gasteiger partial charge is 0.103 e. The Morgan fingerprint density at radius 2 is 2.00 bits per heavy atom. The molecule has 1 saturated heterocycles. The minimum Gasteiger partial charge on any atom is -0.307 e. The first kappa shape index (κ1) is 13.9. The summed E-state index contributed by atoms with van der Waals surface area (Å²) in [6.07, 6.45) is 0.515. The first-order valence-corrected chi connectivity index (χ1v) is 6.05. The summed E-state index contributed by atoms with van der Waals surface area (Å²) in [5, 5.41) is 3.41. The second-order valence-electron chi connectivity index (χ2n) is 4.36. The van der Waals surface area contributed by atoms with Gasteiger partial charge in [0.25, 0.3) is 0 Å². The van der Waals surface area contributed by atoms with E-state index < -0.39 is 6.17 Å². The molecule has 0 saturated carbocycles. The minimum atomic E-state index is -0.681. The molecular formula is C12H16BrClFN. The zero-order valence-corrected chi connectivity index (χ0v) is 11.6. The van der Waals surface area contributed by atoms with E-state index >= 15 is 0 Å². The van der Waals surface area contributed by atoms with E-state index in [2.05, 4.69) is 40.3 Å². The maximum Gasteiger partial charge on any atom is 0.103 e. The monoisotopic (exact) mass is 307 g/mol. The van der Waals surface area contributed by atoms with E-state index in [0.29, 0.717) is 12.8 Å². The van der Waals surface area contributed by atoms with Crippen LogP contribution in [0, 0.1) is 0 Å². The summed E-state index contributed by atoms with van der Waals surface area (Å²) < 4.78 is 14.5. The average Bonchev–Trinajstić information content (AvgIpc) is 2.18. The highest BCUT2D eigenvalue weighted by Gasteiger charge is 2.33. The molecule has 0 bridgehead atoms. The molecule has 0 aromatic heterocycles. The van der Waals surface area contributed by atoms with Gasteiger partial charge in [-0.25, -0.2) is 4.39 Å². The van der Waals surface area contributed by atoms with Crippen LogP contribution < -0.4 is 5.32 Å². The molecule has 1 heterocycles. The molecule has 1 aliphatic heterocycles. The Bertz CT molecular complexity index is 343. The molecule has 1 nitrogen and oxygen atoms in total. The fourth-order valence-electron chi connectivity index (χ4n) is 2.16. The van der Waals surface area contributed by atoms with E-state index in [-0.39, 0.29) is 17.9 Å². The number of nitrogens with one attached hydrogen (secondary N) is 1. The Morgan fingerprint density at radius 3 is 2.56 bits per heavy atom. The first-order valence-electron chi connectivity index (χ1n) is 5.25. The molecule has 90 valence electrons. The second-order valence-corrected chi connectivity index (χ2v) is 5.27. The summed E-state index contributed by atoms with van der Waals surface area (Å²) in [6, 6.07) is 8.11. The lowest BCUT2D eigenvalue weighted by atomic mass is 9.83. The van der Waals surface area contributed by atoms with Crippen molar-refractivity contribution in [2.75, 3.05) is 6.54 Å². The predicted octanol–water partition coefficient (Wildman–Crippen LogP) is 3.81. The third-order valence-corrected chi connectivity index (χ3v) is 3.61. The topological polar surface area (TPSA) is 12.0 Å². The van der Waals surface area contributed by atoms with Crippen LogP contribution in [0.15, 0.2) is 28.7 Å². The van der Waals surface area contributed by atoms with Gasteiger partial charge in [-0.2, -0.15) is 0 Å². The van der Waals surface area contributed by atoms with Gasteiger partial charge in [-0.3, -0.25) is 0 Å². The summed E-state index contributed by atoms with van der Waals surface area (Å²) >= 11 is 3.40. The zero-order valence-electron chi connectivity index (χ0n) is 9.17. The van der Waals surface area contributed by atoms with Crippen LogP contribution in [-0.4, -0.2) is 12.7 Å². The number of rotatable bonds is 1. The summed E-state index contributed by atoms with van der Waals surface area (Å²) in [5.74, 6) is 0. The Labute approximate surface area is 110 Å². The van der Waals surface area contributed by atoms with E-state index in [4.69, 9.17) is 0 Å². The molecular weight excluding hydrogens is 292 g/mol. The van der Waals surface area contributed by atoms with Crippen LogP contribution >= 0.6 is 28.3 Å². The van der Waals surface area contributed by atoms with Gasteiger partial charge in [-0.15, -0.1) is 12.4 Å². The van der Waals surface area contributed by atoms with E-state index in [1.165, 1.54) is 0 Å². The fourth-order valence-corrected chi connectivity index (χ4v) is 2.42. The molecule has 2 unspecified atom stereocenters. The molecule has 1 N–H and O–H groups in total. The zero-order chi connectivity index (χ0) is 10.9. The van der Waals surface area contributed by atoms with Crippen molar-refractivity contribution in [1.29, 1.82) is 0 Å². The third kappa shape index (κ3) is 2.96. The number of hydrogen-bond donors (Lipinski definition) is 1. The van der Waals surface area contributed by atoms with Gasteiger partial charge < -0.3 is 5.32 Å². The van der Waals surface area contributed by atoms with Gasteiger partial charge in [-0.05, 0) is 37.6 Å². The number of hydrogen-bond acceptors (Lipinski definition) is 1. The molecule has 4 heteroatoms. The Hall–Kier alpha value is -0.120. The quantitative estimate of drug-likeness (QED) is 0.832. The number of alkyl halides is 1. The normalized spacial score (nSPS) is 29.6. The van der Waals surface area contributed by atoms with Gasteiger partial charge in [0.15, 0.2) is 0 Å². The van der Waals surface area contributed by atoms with Crippen molar-refractivity contribution < 1.29 is 4.39 Å². The van der Waals surface area contributed by atoms with Gasteiger partial charge in [0.05, 0.1) is 0 Å². The minimum absolute atomic E-state index is 0. The van der Waals surface area contributed by atoms with Gasteiger partial charge in [0, 0.05) is 16.4 Å². The second kappa shape index (κ2) is 5.48. The van der Waals surface area contributed by atoms with Crippen molar-refractivity contribution in [2.24, 2.45) is 0 Å². The van der Waals surface area contributed by atoms with E-state index in [1.54, 1.807) is 0 Å². The molecule has 1 aromatic carbocycles. The van der Waals surface area contributed by atoms with Crippen LogP contribution in [0.4, 0.5) is 4.39 Å². The largest absolute Gasteiger partial charge is 0.307 e. The van der Waals surface area contributed by atoms with Gasteiger partial charge in [0.2, 0.25) is 0 Å². The molecule has 1 aromatic rings. The molecule has 16 heavy (non-hydrogen) atoms. The molecule has 0 radical (unpaired) electrons. The molecule has 1 fully saturated rings. The van der Waals surface area contributed by atoms with Crippen molar-refractivity contribution in [3.8, 4) is 0 Å². The van der Waals surface area contributed by atoms with Crippen molar-refractivity contribution in [3.63, 3.8) is 0 Å². The lowest BCUT2D eigenvalue weighted by Crippen LogP contribution is -2.46. The highest BCUT2D eigenvalue weighted by molar-refractivity contribution is 9.10. The van der Waals surface area contributed by atoms with Crippen LogP contribution in [0.2, 0.25) is 0 Å². The van der Waals surface area contributed by atoms with Crippen LogP contribution in [0.5, 0.6) is 0 Å². The average molecular weight is 309 g/mol. The van der Waals surface area contributed by atoms with Crippen molar-refractivity contribution in [2.45, 2.75) is 31.5 Å². The Morgan fingerprint density at radius 1 is 1.38 bits per heavy atom. The van der Waals surface area contributed by atoms with Gasteiger partial charge in [0.1, 0.15) is 6.17 Å². The highest BCUT2D eigenvalue weighted by Crippen LogP contribution is 2.31. The SMILES string of the molecule is CC1(c2ccc(Br)cc2)CC(F)CCN1.Cl. The summed E-state index contributed by atoms with van der Waals surface area (Å²) in [5.41, 5.74) is 0.950. The van der Waals surface area contributed by atoms with Crippen LogP contribution in [0.3, 0.4) is 0 Å². The number of piperidine rings is 1. The molecule has 1 aliphatic rings. The summed E-state index contributed by atoms with van der Waals surface area (Å²) in [6.45, 7) is 2.83. The molecule has 0 spiro atoms. The van der Waals surface area contributed by atoms with Crippen LogP contribution in [0.1, 0.15) is 25.3 Å². The third-order valence-electron chi connectivity index (χ3n) is 3.08. The van der Waals surface area contributed by atoms with Crippen molar-refractivity contribution in [3.05, 3.63) is 34.3 Å². The first-order chi connectivity index (χ1) is 7.10. The van der Waals surface area contributed by atoms with Gasteiger partial charge in [-0.1, -0.05) is 28.1 Å². The Kier molecular flexibility index (Phi) is 4.77. The number of halogens is 3. The molecule has 0 amide bonds. The lowest BCUT2D eigenvalue weighted by Gasteiger charge is -2.37. The standard InChI is InChI=1S/C12H15BrFN.ClH/c1-12(8-11(14)6-7-15-12)9-2-4-10(13)5-3-9;/h2-5,11,15H,6-8H2,1H3;1H. The molecule has 2 atom stereocenters. The molecule has 2 rings (SSSR count). The van der Waals surface area contributed by atoms with Crippen LogP contribution in [0.25, 0.3) is 0 Å². The highest BCUT2D eigenvalue weighted by atomic mass is 79.9. The van der Waals surface area contributed by atoms with E-state index in [1.807, 2.05) is 12.1 Å². The molecule has 0 aliphatic carbocycles. The Balaban J connectivity index is 0.00000128. The van der Waals surface area contributed by atoms with Crippen LogP contribution in [-0.2, 0) is 5.54 Å². The van der Waals surface area contributed by atoms with E-state index in [0.717, 1.165) is 16.6 Å². The van der Waals surface area contributed by atoms with Crippen molar-refractivity contribution >= 4 is 28.3 Å². The maximum atomic E-state index is 13.4. The summed E-state index contributed by atoms with van der Waals surface area (Å²) in [7, 11) is 0.